The molecule has 0 saturated carbocycles. The monoisotopic (exact) mass is 392 g/mol. The van der Waals surface area contributed by atoms with Crippen LogP contribution >= 0.6 is 0 Å². The van der Waals surface area contributed by atoms with Crippen molar-refractivity contribution in [3.05, 3.63) is 54.7 Å². The van der Waals surface area contributed by atoms with Crippen LogP contribution < -0.4 is 19.5 Å². The first-order valence-corrected chi connectivity index (χ1v) is 8.92. The average Bonchev–Trinajstić information content (AvgIpc) is 3.25. The molecule has 0 fully saturated rings. The van der Waals surface area contributed by atoms with Crippen LogP contribution in [0.25, 0.3) is 22.4 Å². The first-order chi connectivity index (χ1) is 14.2. The van der Waals surface area contributed by atoms with Crippen molar-refractivity contribution in [2.24, 2.45) is 0 Å². The Morgan fingerprint density at radius 2 is 1.76 bits per heavy atom. The van der Waals surface area contributed by atoms with Crippen molar-refractivity contribution >= 4 is 16.7 Å². The van der Waals surface area contributed by atoms with Crippen molar-refractivity contribution in [2.75, 3.05) is 26.6 Å². The van der Waals surface area contributed by atoms with E-state index in [2.05, 4.69) is 20.3 Å². The van der Waals surface area contributed by atoms with E-state index in [0.717, 1.165) is 16.6 Å². The Morgan fingerprint density at radius 1 is 0.966 bits per heavy atom. The Morgan fingerprint density at radius 3 is 2.48 bits per heavy atom. The van der Waals surface area contributed by atoms with Crippen molar-refractivity contribution in [3.8, 4) is 28.7 Å². The zero-order valence-corrected chi connectivity index (χ0v) is 16.3. The van der Waals surface area contributed by atoms with Gasteiger partial charge in [0.1, 0.15) is 23.9 Å². The Labute approximate surface area is 167 Å². The maximum absolute atomic E-state index is 5.59. The first-order valence-electron chi connectivity index (χ1n) is 8.92. The molecule has 0 atom stereocenters. The lowest BCUT2D eigenvalue weighted by molar-refractivity contribution is 0.327. The number of hydrogen-bond donors (Lipinski definition) is 1. The normalized spacial score (nSPS) is 10.7. The number of hydrogen-bond acceptors (Lipinski definition) is 8. The number of aromatic nitrogens is 3. The van der Waals surface area contributed by atoms with Crippen molar-refractivity contribution in [2.45, 2.75) is 6.54 Å². The Balaban J connectivity index is 1.64. The number of rotatable bonds is 7. The van der Waals surface area contributed by atoms with Gasteiger partial charge in [-0.25, -0.2) is 15.0 Å². The van der Waals surface area contributed by atoms with E-state index in [1.165, 1.54) is 6.33 Å². The van der Waals surface area contributed by atoms with Crippen molar-refractivity contribution in [1.29, 1.82) is 0 Å². The highest BCUT2D eigenvalue weighted by Crippen LogP contribution is 2.43. The van der Waals surface area contributed by atoms with Crippen molar-refractivity contribution in [3.63, 3.8) is 0 Å². The van der Waals surface area contributed by atoms with Crippen LogP contribution in [0.1, 0.15) is 5.69 Å². The van der Waals surface area contributed by atoms with Gasteiger partial charge in [-0.3, -0.25) is 0 Å². The third kappa shape index (κ3) is 3.52. The third-order valence-corrected chi connectivity index (χ3v) is 4.44. The molecule has 0 aliphatic heterocycles. The topological polar surface area (TPSA) is 91.5 Å². The van der Waals surface area contributed by atoms with E-state index in [4.69, 9.17) is 18.6 Å². The van der Waals surface area contributed by atoms with Gasteiger partial charge >= 0.3 is 0 Å². The van der Waals surface area contributed by atoms with Gasteiger partial charge in [0.2, 0.25) is 11.6 Å². The minimum Gasteiger partial charge on any atom is -0.493 e. The zero-order valence-electron chi connectivity index (χ0n) is 16.3. The summed E-state index contributed by atoms with van der Waals surface area (Å²) < 4.78 is 22.0. The summed E-state index contributed by atoms with van der Waals surface area (Å²) in [6.07, 6.45) is 3.10. The molecule has 0 bridgehead atoms. The van der Waals surface area contributed by atoms with Gasteiger partial charge in [-0.05, 0) is 18.2 Å². The molecule has 0 radical (unpaired) electrons. The molecule has 0 saturated heterocycles. The fourth-order valence-electron chi connectivity index (χ4n) is 3.08. The van der Waals surface area contributed by atoms with Gasteiger partial charge in [-0.15, -0.1) is 0 Å². The van der Waals surface area contributed by atoms with Gasteiger partial charge in [0, 0.05) is 5.56 Å². The van der Waals surface area contributed by atoms with Crippen molar-refractivity contribution < 1.29 is 18.6 Å². The number of anilines is 1. The molecule has 0 aliphatic rings. The minimum absolute atomic E-state index is 0.430. The summed E-state index contributed by atoms with van der Waals surface area (Å²) in [6, 6.07) is 11.6. The standard InChI is InChI=1S/C21H20N4O4/c1-26-16-9-15-17(19(28-3)18(16)27-2)23-12-24-20(15)22-10-14-11-29-21(25-14)13-7-5-4-6-8-13/h4-9,11-12H,10H2,1-3H3,(H,22,23,24). The number of benzene rings is 2. The summed E-state index contributed by atoms with van der Waals surface area (Å²) in [7, 11) is 4.69. The molecular weight excluding hydrogens is 372 g/mol. The SMILES string of the molecule is COc1cc2c(NCc3coc(-c4ccccc4)n3)ncnc2c(OC)c1OC. The molecule has 4 rings (SSSR count). The van der Waals surface area contributed by atoms with E-state index in [1.807, 2.05) is 36.4 Å². The highest BCUT2D eigenvalue weighted by atomic mass is 16.5. The number of ether oxygens (including phenoxy) is 3. The van der Waals surface area contributed by atoms with Gasteiger partial charge in [0.25, 0.3) is 0 Å². The van der Waals surface area contributed by atoms with E-state index >= 15 is 0 Å². The number of methoxy groups -OCH3 is 3. The maximum atomic E-state index is 5.59. The molecule has 0 aliphatic carbocycles. The molecule has 1 N–H and O–H groups in total. The highest BCUT2D eigenvalue weighted by Gasteiger charge is 2.19. The van der Waals surface area contributed by atoms with Gasteiger partial charge in [0.05, 0.1) is 39.0 Å². The van der Waals surface area contributed by atoms with E-state index in [-0.39, 0.29) is 0 Å². The molecule has 0 spiro atoms. The second kappa shape index (κ2) is 8.05. The molecule has 2 aromatic carbocycles. The van der Waals surface area contributed by atoms with E-state index in [1.54, 1.807) is 27.6 Å². The van der Waals surface area contributed by atoms with Gasteiger partial charge in [0.15, 0.2) is 11.5 Å². The second-order valence-electron chi connectivity index (χ2n) is 6.13. The maximum Gasteiger partial charge on any atom is 0.226 e. The van der Waals surface area contributed by atoms with Crippen molar-refractivity contribution in [1.82, 2.24) is 15.0 Å². The van der Waals surface area contributed by atoms with Gasteiger partial charge < -0.3 is 23.9 Å². The summed E-state index contributed by atoms with van der Waals surface area (Å²) in [6.45, 7) is 0.430. The molecule has 148 valence electrons. The number of nitrogens with zero attached hydrogens (tertiary/aromatic N) is 3. The zero-order chi connectivity index (χ0) is 20.2. The number of oxazole rings is 1. The van der Waals surface area contributed by atoms with Crippen LogP contribution in [0.4, 0.5) is 5.82 Å². The van der Waals surface area contributed by atoms with Crippen LogP contribution in [0.5, 0.6) is 17.2 Å². The Kier molecular flexibility index (Phi) is 5.15. The third-order valence-electron chi connectivity index (χ3n) is 4.44. The highest BCUT2D eigenvalue weighted by molar-refractivity contribution is 5.96. The largest absolute Gasteiger partial charge is 0.493 e. The van der Waals surface area contributed by atoms with E-state index in [9.17, 15) is 0 Å². The predicted molar refractivity (Wildman–Crippen MR) is 108 cm³/mol. The fourth-order valence-corrected chi connectivity index (χ4v) is 3.08. The molecule has 29 heavy (non-hydrogen) atoms. The Bertz CT molecular complexity index is 1130. The van der Waals surface area contributed by atoms with Crippen LogP contribution in [-0.4, -0.2) is 36.3 Å². The van der Waals surface area contributed by atoms with Gasteiger partial charge in [-0.2, -0.15) is 0 Å². The summed E-state index contributed by atoms with van der Waals surface area (Å²) >= 11 is 0. The predicted octanol–water partition coefficient (Wildman–Crippen LogP) is 3.92. The molecule has 2 heterocycles. The molecule has 0 unspecified atom stereocenters. The van der Waals surface area contributed by atoms with Crippen LogP contribution in [-0.2, 0) is 6.54 Å². The smallest absolute Gasteiger partial charge is 0.226 e. The molecule has 0 amide bonds. The summed E-state index contributed by atoms with van der Waals surface area (Å²) in [4.78, 5) is 13.2. The number of fused-ring (bicyclic) bond motifs is 1. The van der Waals surface area contributed by atoms with Crippen LogP contribution in [0.2, 0.25) is 0 Å². The molecule has 8 heteroatoms. The van der Waals surface area contributed by atoms with Crippen LogP contribution in [0.3, 0.4) is 0 Å². The first kappa shape index (κ1) is 18.5. The lowest BCUT2D eigenvalue weighted by atomic mass is 10.2. The molecule has 4 aromatic rings. The summed E-state index contributed by atoms with van der Waals surface area (Å²) in [5.74, 6) is 2.69. The second-order valence-corrected chi connectivity index (χ2v) is 6.13. The van der Waals surface area contributed by atoms with Crippen LogP contribution in [0, 0.1) is 0 Å². The minimum atomic E-state index is 0.430. The van der Waals surface area contributed by atoms with Gasteiger partial charge in [-0.1, -0.05) is 18.2 Å². The molecule has 2 aromatic heterocycles. The summed E-state index contributed by atoms with van der Waals surface area (Å²) in [5, 5.41) is 4.03. The number of nitrogens with one attached hydrogen (secondary N) is 1. The van der Waals surface area contributed by atoms with E-state index in [0.29, 0.717) is 41.0 Å². The fraction of sp³-hybridized carbons (Fsp3) is 0.190. The molecule has 8 nitrogen and oxygen atoms in total. The average molecular weight is 392 g/mol. The molecular formula is C21H20N4O4. The Hall–Kier alpha value is -3.81. The van der Waals surface area contributed by atoms with Crippen LogP contribution in [0.15, 0.2) is 53.4 Å². The lowest BCUT2D eigenvalue weighted by Crippen LogP contribution is -2.04. The quantitative estimate of drug-likeness (QED) is 0.506. The summed E-state index contributed by atoms with van der Waals surface area (Å²) in [5.41, 5.74) is 2.30. The lowest BCUT2D eigenvalue weighted by Gasteiger charge is -2.15. The van der Waals surface area contributed by atoms with E-state index < -0.39 is 0 Å².